The monoisotopic (exact) mass is 228 g/mol. The molecule has 2 atom stereocenters. The molecule has 0 heterocycles. The molecule has 0 bridgehead atoms. The maximum absolute atomic E-state index is 11.5. The maximum atomic E-state index is 11.5. The second kappa shape index (κ2) is 6.86. The van der Waals surface area contributed by atoms with E-state index in [9.17, 15) is 4.79 Å². The first-order chi connectivity index (χ1) is 7.65. The number of aliphatic hydroxyl groups is 1. The number of aliphatic hydroxyl groups excluding tert-OH is 1. The van der Waals surface area contributed by atoms with Gasteiger partial charge in [-0.2, -0.15) is 0 Å². The first-order valence-corrected chi connectivity index (χ1v) is 6.23. The first-order valence-electron chi connectivity index (χ1n) is 6.23. The smallest absolute Gasteiger partial charge is 0.234 e. The Morgan fingerprint density at radius 3 is 2.75 bits per heavy atom. The van der Waals surface area contributed by atoms with Crippen LogP contribution in [0.25, 0.3) is 0 Å². The summed E-state index contributed by atoms with van der Waals surface area (Å²) in [5, 5.41) is 11.3. The van der Waals surface area contributed by atoms with Gasteiger partial charge in [0.05, 0.1) is 13.2 Å². The van der Waals surface area contributed by atoms with E-state index < -0.39 is 0 Å². The fourth-order valence-corrected chi connectivity index (χ4v) is 2.55. The van der Waals surface area contributed by atoms with E-state index in [1.807, 2.05) is 7.05 Å². The van der Waals surface area contributed by atoms with Crippen molar-refractivity contribution in [1.29, 1.82) is 0 Å². The third-order valence-electron chi connectivity index (χ3n) is 3.46. The summed E-state index contributed by atoms with van der Waals surface area (Å²) in [7, 11) is 2.02. The van der Waals surface area contributed by atoms with Crippen molar-refractivity contribution in [1.82, 2.24) is 10.2 Å². The van der Waals surface area contributed by atoms with Crippen LogP contribution in [0.1, 0.15) is 32.6 Å². The van der Waals surface area contributed by atoms with Crippen LogP contribution in [0.3, 0.4) is 0 Å². The number of amides is 1. The van der Waals surface area contributed by atoms with Gasteiger partial charge in [-0.3, -0.25) is 9.69 Å². The number of nitrogens with one attached hydrogen (secondary N) is 1. The molecule has 1 aliphatic rings. The second-order valence-electron chi connectivity index (χ2n) is 4.82. The Hall–Kier alpha value is -0.610. The number of carbonyl (C=O) groups excluding carboxylic acids is 1. The highest BCUT2D eigenvalue weighted by atomic mass is 16.3. The number of likely N-dealkylation sites (N-methyl/N-ethyl adjacent to an activating group) is 1. The SMILES string of the molecule is CC1CCCCC1N(C)CC(=O)NCCO. The number of rotatable bonds is 5. The van der Waals surface area contributed by atoms with E-state index in [2.05, 4.69) is 17.1 Å². The molecule has 0 aromatic heterocycles. The lowest BCUT2D eigenvalue weighted by Gasteiger charge is -2.35. The number of hydrogen-bond acceptors (Lipinski definition) is 3. The summed E-state index contributed by atoms with van der Waals surface area (Å²) in [5.74, 6) is 0.693. The fourth-order valence-electron chi connectivity index (χ4n) is 2.55. The Morgan fingerprint density at radius 2 is 2.12 bits per heavy atom. The van der Waals surface area contributed by atoms with Gasteiger partial charge in [0, 0.05) is 12.6 Å². The molecular weight excluding hydrogens is 204 g/mol. The van der Waals surface area contributed by atoms with Crippen molar-refractivity contribution < 1.29 is 9.90 Å². The summed E-state index contributed by atoms with van der Waals surface area (Å²) >= 11 is 0. The van der Waals surface area contributed by atoms with Crippen molar-refractivity contribution in [3.8, 4) is 0 Å². The van der Waals surface area contributed by atoms with Crippen molar-refractivity contribution in [2.45, 2.75) is 38.6 Å². The molecule has 0 saturated heterocycles. The van der Waals surface area contributed by atoms with Gasteiger partial charge in [0.1, 0.15) is 0 Å². The zero-order valence-corrected chi connectivity index (χ0v) is 10.4. The van der Waals surface area contributed by atoms with Gasteiger partial charge in [0.25, 0.3) is 0 Å². The van der Waals surface area contributed by atoms with Crippen LogP contribution in [0.15, 0.2) is 0 Å². The molecule has 0 aliphatic heterocycles. The Bertz CT molecular complexity index is 221. The van der Waals surface area contributed by atoms with Gasteiger partial charge in [-0.05, 0) is 25.8 Å². The molecule has 0 aromatic rings. The van der Waals surface area contributed by atoms with Crippen molar-refractivity contribution >= 4 is 5.91 Å². The molecule has 1 aliphatic carbocycles. The third kappa shape index (κ3) is 4.10. The van der Waals surface area contributed by atoms with E-state index in [1.165, 1.54) is 25.7 Å². The highest BCUT2D eigenvalue weighted by molar-refractivity contribution is 5.77. The van der Waals surface area contributed by atoms with Gasteiger partial charge in [-0.25, -0.2) is 0 Å². The van der Waals surface area contributed by atoms with Crippen LogP contribution in [-0.2, 0) is 4.79 Å². The minimum atomic E-state index is 0.00863. The van der Waals surface area contributed by atoms with Gasteiger partial charge in [0.15, 0.2) is 0 Å². The summed E-state index contributed by atoms with van der Waals surface area (Å²) in [6.45, 7) is 3.07. The summed E-state index contributed by atoms with van der Waals surface area (Å²) < 4.78 is 0. The van der Waals surface area contributed by atoms with Crippen LogP contribution in [0, 0.1) is 5.92 Å². The zero-order valence-electron chi connectivity index (χ0n) is 10.4. The van der Waals surface area contributed by atoms with Crippen LogP contribution >= 0.6 is 0 Å². The average Bonchev–Trinajstić information content (AvgIpc) is 2.26. The summed E-state index contributed by atoms with van der Waals surface area (Å²) in [4.78, 5) is 13.6. The van der Waals surface area contributed by atoms with Gasteiger partial charge in [-0.15, -0.1) is 0 Å². The zero-order chi connectivity index (χ0) is 12.0. The van der Waals surface area contributed by atoms with Crippen molar-refractivity contribution in [2.75, 3.05) is 26.7 Å². The number of carbonyl (C=O) groups is 1. The maximum Gasteiger partial charge on any atom is 0.234 e. The molecule has 0 aromatic carbocycles. The molecule has 2 N–H and O–H groups in total. The van der Waals surface area contributed by atoms with Crippen LogP contribution in [0.2, 0.25) is 0 Å². The minimum Gasteiger partial charge on any atom is -0.395 e. The Morgan fingerprint density at radius 1 is 1.44 bits per heavy atom. The van der Waals surface area contributed by atoms with Crippen molar-refractivity contribution in [3.05, 3.63) is 0 Å². The van der Waals surface area contributed by atoms with Crippen LogP contribution < -0.4 is 5.32 Å². The molecule has 4 heteroatoms. The summed E-state index contributed by atoms with van der Waals surface area (Å²) in [6, 6.07) is 0.536. The quantitative estimate of drug-likeness (QED) is 0.725. The van der Waals surface area contributed by atoms with E-state index in [0.717, 1.165) is 0 Å². The third-order valence-corrected chi connectivity index (χ3v) is 3.46. The summed E-state index contributed by atoms with van der Waals surface area (Å²) in [6.07, 6.45) is 5.07. The fraction of sp³-hybridized carbons (Fsp3) is 0.917. The predicted molar refractivity (Wildman–Crippen MR) is 64.1 cm³/mol. The standard InChI is InChI=1S/C12H24N2O2/c1-10-5-3-4-6-11(10)14(2)9-12(16)13-7-8-15/h10-11,15H,3-9H2,1-2H3,(H,13,16). The molecule has 16 heavy (non-hydrogen) atoms. The van der Waals surface area contributed by atoms with Crippen molar-refractivity contribution in [2.24, 2.45) is 5.92 Å². The average molecular weight is 228 g/mol. The summed E-state index contributed by atoms with van der Waals surface area (Å²) in [5.41, 5.74) is 0. The molecule has 1 amide bonds. The van der Waals surface area contributed by atoms with Gasteiger partial charge in [0.2, 0.25) is 5.91 Å². The molecule has 1 saturated carbocycles. The number of hydrogen-bond donors (Lipinski definition) is 2. The van der Waals surface area contributed by atoms with Crippen molar-refractivity contribution in [3.63, 3.8) is 0 Å². The van der Waals surface area contributed by atoms with Crippen LogP contribution in [0.5, 0.6) is 0 Å². The highest BCUT2D eigenvalue weighted by Crippen LogP contribution is 2.26. The Labute approximate surface area is 98.0 Å². The molecule has 0 spiro atoms. The molecule has 4 nitrogen and oxygen atoms in total. The second-order valence-corrected chi connectivity index (χ2v) is 4.82. The lowest BCUT2D eigenvalue weighted by molar-refractivity contribution is -0.122. The lowest BCUT2D eigenvalue weighted by Crippen LogP contribution is -2.44. The number of nitrogens with zero attached hydrogens (tertiary/aromatic N) is 1. The van der Waals surface area contributed by atoms with Gasteiger partial charge in [-0.1, -0.05) is 19.8 Å². The van der Waals surface area contributed by atoms with Gasteiger partial charge < -0.3 is 10.4 Å². The molecule has 0 radical (unpaired) electrons. The molecule has 1 rings (SSSR count). The van der Waals surface area contributed by atoms with Gasteiger partial charge >= 0.3 is 0 Å². The topological polar surface area (TPSA) is 52.6 Å². The molecule has 94 valence electrons. The van der Waals surface area contributed by atoms with E-state index in [1.54, 1.807) is 0 Å². The predicted octanol–water partition coefficient (Wildman–Crippen LogP) is 0.605. The highest BCUT2D eigenvalue weighted by Gasteiger charge is 2.25. The molecule has 1 fully saturated rings. The molecule has 2 unspecified atom stereocenters. The first kappa shape index (κ1) is 13.5. The minimum absolute atomic E-state index is 0.00863. The largest absolute Gasteiger partial charge is 0.395 e. The molecular formula is C12H24N2O2. The van der Waals surface area contributed by atoms with E-state index in [0.29, 0.717) is 25.0 Å². The lowest BCUT2D eigenvalue weighted by atomic mass is 9.85. The Balaban J connectivity index is 2.32. The van der Waals surface area contributed by atoms with Crippen LogP contribution in [-0.4, -0.2) is 48.7 Å². The van der Waals surface area contributed by atoms with E-state index in [4.69, 9.17) is 5.11 Å². The Kier molecular flexibility index (Phi) is 5.77. The van der Waals surface area contributed by atoms with E-state index >= 15 is 0 Å². The van der Waals surface area contributed by atoms with Crippen LogP contribution in [0.4, 0.5) is 0 Å². The normalized spacial score (nSPS) is 25.8. The van der Waals surface area contributed by atoms with E-state index in [-0.39, 0.29) is 12.5 Å².